The van der Waals surface area contributed by atoms with E-state index < -0.39 is 0 Å². The Morgan fingerprint density at radius 2 is 1.56 bits per heavy atom. The summed E-state index contributed by atoms with van der Waals surface area (Å²) in [5.41, 5.74) is 10.4. The van der Waals surface area contributed by atoms with Crippen molar-refractivity contribution >= 4 is 55.5 Å². The van der Waals surface area contributed by atoms with E-state index in [9.17, 15) is 0 Å². The molecule has 2 aromatic heterocycles. The van der Waals surface area contributed by atoms with Gasteiger partial charge in [-0.1, -0.05) is 18.2 Å². The summed E-state index contributed by atoms with van der Waals surface area (Å²) < 4.78 is 0.924. The minimum Gasteiger partial charge on any atom is -0.393 e. The molecule has 0 unspecified atom stereocenters. The van der Waals surface area contributed by atoms with E-state index in [1.165, 1.54) is 6.33 Å². The van der Waals surface area contributed by atoms with Crippen LogP contribution in [0.1, 0.15) is 5.69 Å². The monoisotopic (exact) mass is 420 g/mol. The summed E-state index contributed by atoms with van der Waals surface area (Å²) in [7, 11) is 0. The topological polar surface area (TPSA) is 88.8 Å². The fraction of sp³-hybridized carbons (Fsp3) is 0.0500. The number of nitrogen functional groups attached to an aromatic ring is 1. The summed E-state index contributed by atoms with van der Waals surface area (Å²) >= 11 is 3.51. The highest BCUT2D eigenvalue weighted by Gasteiger charge is 2.11. The van der Waals surface area contributed by atoms with E-state index in [2.05, 4.69) is 41.5 Å². The number of halogens is 1. The highest BCUT2D eigenvalue weighted by Crippen LogP contribution is 2.32. The first-order valence-corrected chi connectivity index (χ1v) is 9.16. The minimum absolute atomic E-state index is 0.435. The van der Waals surface area contributed by atoms with Crippen LogP contribution < -0.4 is 16.4 Å². The standard InChI is InChI=1S/C20H17BrN6/c1-12-9-10-13-15(25-12)7-4-8-16(13)26-19-18(22)20(24-11-23-19)27-17-6-3-2-5-14(17)21/h2-11H,22H2,1H3,(H2,23,24,26,27). The van der Waals surface area contributed by atoms with Gasteiger partial charge in [0.15, 0.2) is 11.6 Å². The Morgan fingerprint density at radius 3 is 2.33 bits per heavy atom. The maximum atomic E-state index is 6.32. The molecule has 0 spiro atoms. The first-order chi connectivity index (χ1) is 13.1. The summed E-state index contributed by atoms with van der Waals surface area (Å²) in [5.74, 6) is 1.07. The number of pyridine rings is 1. The zero-order valence-electron chi connectivity index (χ0n) is 14.6. The van der Waals surface area contributed by atoms with Gasteiger partial charge in [0.1, 0.15) is 12.0 Å². The number of nitrogens with zero attached hydrogens (tertiary/aromatic N) is 3. The summed E-state index contributed by atoms with van der Waals surface area (Å²) in [6.07, 6.45) is 1.48. The lowest BCUT2D eigenvalue weighted by Gasteiger charge is -2.14. The fourth-order valence-electron chi connectivity index (χ4n) is 2.78. The molecule has 0 bridgehead atoms. The normalized spacial score (nSPS) is 10.7. The number of nitrogens with one attached hydrogen (secondary N) is 2. The van der Waals surface area contributed by atoms with E-state index in [-0.39, 0.29) is 0 Å². The molecule has 134 valence electrons. The second-order valence-electron chi connectivity index (χ2n) is 6.04. The molecule has 2 heterocycles. The maximum Gasteiger partial charge on any atom is 0.159 e. The lowest BCUT2D eigenvalue weighted by Crippen LogP contribution is -2.05. The van der Waals surface area contributed by atoms with Gasteiger partial charge in [0.05, 0.1) is 11.2 Å². The van der Waals surface area contributed by atoms with Crippen molar-refractivity contribution in [2.24, 2.45) is 0 Å². The Morgan fingerprint density at radius 1 is 0.852 bits per heavy atom. The van der Waals surface area contributed by atoms with Crippen LogP contribution in [0.3, 0.4) is 0 Å². The van der Waals surface area contributed by atoms with Crippen LogP contribution in [0.4, 0.5) is 28.7 Å². The van der Waals surface area contributed by atoms with Gasteiger partial charge in [-0.3, -0.25) is 4.98 Å². The van der Waals surface area contributed by atoms with E-state index in [0.29, 0.717) is 17.3 Å². The van der Waals surface area contributed by atoms with Gasteiger partial charge in [-0.2, -0.15) is 0 Å². The Bertz CT molecular complexity index is 1130. The summed E-state index contributed by atoms with van der Waals surface area (Å²) in [4.78, 5) is 13.1. The molecular formula is C20H17BrN6. The van der Waals surface area contributed by atoms with Gasteiger partial charge >= 0.3 is 0 Å². The number of fused-ring (bicyclic) bond motifs is 1. The van der Waals surface area contributed by atoms with Crippen LogP contribution in [0, 0.1) is 6.92 Å². The third kappa shape index (κ3) is 3.54. The van der Waals surface area contributed by atoms with Crippen LogP contribution in [-0.2, 0) is 0 Å². The van der Waals surface area contributed by atoms with Gasteiger partial charge in [0, 0.05) is 21.2 Å². The van der Waals surface area contributed by atoms with Crippen molar-refractivity contribution in [3.05, 3.63) is 71.1 Å². The van der Waals surface area contributed by atoms with Gasteiger partial charge in [0.25, 0.3) is 0 Å². The number of anilines is 5. The predicted octanol–water partition coefficient (Wildman–Crippen LogP) is 5.17. The number of aromatic nitrogens is 3. The molecule has 0 aliphatic heterocycles. The van der Waals surface area contributed by atoms with E-state index in [4.69, 9.17) is 5.73 Å². The van der Waals surface area contributed by atoms with Gasteiger partial charge in [-0.15, -0.1) is 0 Å². The highest BCUT2D eigenvalue weighted by atomic mass is 79.9. The SMILES string of the molecule is Cc1ccc2c(Nc3ncnc(Nc4ccccc4Br)c3N)cccc2n1. The van der Waals surface area contributed by atoms with Crippen molar-refractivity contribution in [3.63, 3.8) is 0 Å². The molecule has 0 radical (unpaired) electrons. The second-order valence-corrected chi connectivity index (χ2v) is 6.89. The zero-order valence-corrected chi connectivity index (χ0v) is 16.2. The summed E-state index contributed by atoms with van der Waals surface area (Å²) in [6.45, 7) is 1.97. The Kier molecular flexibility index (Phi) is 4.60. The molecule has 0 fully saturated rings. The van der Waals surface area contributed by atoms with Crippen molar-refractivity contribution in [2.45, 2.75) is 6.92 Å². The number of hydrogen-bond donors (Lipinski definition) is 3. The predicted molar refractivity (Wildman–Crippen MR) is 114 cm³/mol. The van der Waals surface area contributed by atoms with Crippen molar-refractivity contribution in [1.82, 2.24) is 15.0 Å². The van der Waals surface area contributed by atoms with Crippen molar-refractivity contribution in [1.29, 1.82) is 0 Å². The fourth-order valence-corrected chi connectivity index (χ4v) is 3.16. The lowest BCUT2D eigenvalue weighted by atomic mass is 10.1. The number of rotatable bonds is 4. The summed E-state index contributed by atoms with van der Waals surface area (Å²) in [5, 5.41) is 7.54. The molecule has 0 aliphatic rings. The van der Waals surface area contributed by atoms with Gasteiger partial charge in [0.2, 0.25) is 0 Å². The van der Waals surface area contributed by atoms with Gasteiger partial charge in [-0.25, -0.2) is 9.97 Å². The molecule has 0 saturated heterocycles. The van der Waals surface area contributed by atoms with Crippen LogP contribution in [0.15, 0.2) is 65.4 Å². The van der Waals surface area contributed by atoms with E-state index >= 15 is 0 Å². The van der Waals surface area contributed by atoms with E-state index in [1.54, 1.807) is 0 Å². The van der Waals surface area contributed by atoms with Crippen molar-refractivity contribution < 1.29 is 0 Å². The first kappa shape index (κ1) is 17.2. The summed E-state index contributed by atoms with van der Waals surface area (Å²) in [6, 6.07) is 17.7. The number of nitrogens with two attached hydrogens (primary N) is 1. The third-order valence-corrected chi connectivity index (χ3v) is 4.83. The lowest BCUT2D eigenvalue weighted by molar-refractivity contribution is 1.17. The maximum absolute atomic E-state index is 6.32. The Labute approximate surface area is 165 Å². The van der Waals surface area contributed by atoms with Crippen LogP contribution in [-0.4, -0.2) is 15.0 Å². The van der Waals surface area contributed by atoms with Crippen LogP contribution >= 0.6 is 15.9 Å². The number of aryl methyl sites for hydroxylation is 1. The molecule has 2 aromatic carbocycles. The number of para-hydroxylation sites is 1. The van der Waals surface area contributed by atoms with E-state index in [0.717, 1.165) is 32.4 Å². The van der Waals surface area contributed by atoms with Crippen molar-refractivity contribution in [2.75, 3.05) is 16.4 Å². The zero-order chi connectivity index (χ0) is 18.8. The molecule has 6 nitrogen and oxygen atoms in total. The van der Waals surface area contributed by atoms with Gasteiger partial charge < -0.3 is 16.4 Å². The van der Waals surface area contributed by atoms with Crippen LogP contribution in [0.2, 0.25) is 0 Å². The quantitative estimate of drug-likeness (QED) is 0.422. The molecule has 0 atom stereocenters. The molecular weight excluding hydrogens is 404 g/mol. The average molecular weight is 421 g/mol. The largest absolute Gasteiger partial charge is 0.393 e. The van der Waals surface area contributed by atoms with Crippen LogP contribution in [0.5, 0.6) is 0 Å². The minimum atomic E-state index is 0.435. The Hall–Kier alpha value is -3.19. The molecule has 7 heteroatoms. The molecule has 0 saturated carbocycles. The first-order valence-electron chi connectivity index (χ1n) is 8.37. The molecule has 0 amide bonds. The molecule has 4 N–H and O–H groups in total. The third-order valence-electron chi connectivity index (χ3n) is 4.14. The van der Waals surface area contributed by atoms with Crippen LogP contribution in [0.25, 0.3) is 10.9 Å². The smallest absolute Gasteiger partial charge is 0.159 e. The molecule has 4 rings (SSSR count). The molecule has 27 heavy (non-hydrogen) atoms. The second kappa shape index (κ2) is 7.20. The molecule has 4 aromatic rings. The number of hydrogen-bond acceptors (Lipinski definition) is 6. The Balaban J connectivity index is 1.69. The van der Waals surface area contributed by atoms with Crippen molar-refractivity contribution in [3.8, 4) is 0 Å². The number of benzene rings is 2. The highest BCUT2D eigenvalue weighted by molar-refractivity contribution is 9.10. The average Bonchev–Trinajstić information content (AvgIpc) is 2.66. The molecule has 0 aliphatic carbocycles. The van der Waals surface area contributed by atoms with E-state index in [1.807, 2.05) is 61.5 Å². The van der Waals surface area contributed by atoms with Gasteiger partial charge in [-0.05, 0) is 59.3 Å².